The van der Waals surface area contributed by atoms with E-state index in [1.807, 2.05) is 0 Å². The second-order valence-electron chi connectivity index (χ2n) is 2.91. The number of hydrogen-bond donors (Lipinski definition) is 0. The van der Waals surface area contributed by atoms with Gasteiger partial charge in [0.05, 0.1) is 12.9 Å². The molecule has 66 valence electrons. The van der Waals surface area contributed by atoms with Crippen molar-refractivity contribution in [2.24, 2.45) is 0 Å². The summed E-state index contributed by atoms with van der Waals surface area (Å²) in [7, 11) is 1.69. The van der Waals surface area contributed by atoms with Crippen molar-refractivity contribution in [1.82, 2.24) is 0 Å². The molecule has 0 aromatic heterocycles. The number of methoxy groups -OCH3 is 1. The lowest BCUT2D eigenvalue weighted by molar-refractivity contribution is 0.276. The summed E-state index contributed by atoms with van der Waals surface area (Å²) in [6.45, 7) is 6.00. The number of allylic oxidation sites excluding steroid dienone is 1. The van der Waals surface area contributed by atoms with Gasteiger partial charge in [-0.25, -0.2) is 0 Å². The van der Waals surface area contributed by atoms with Crippen molar-refractivity contribution in [2.75, 3.05) is 7.11 Å². The number of hydrogen-bond acceptors (Lipinski definition) is 1. The van der Waals surface area contributed by atoms with Gasteiger partial charge in [0.2, 0.25) is 0 Å². The predicted octanol–water partition coefficient (Wildman–Crippen LogP) is 3.51. The third kappa shape index (κ3) is 7.44. The fourth-order valence-electron chi connectivity index (χ4n) is 1.03. The molecule has 0 bridgehead atoms. The second-order valence-corrected chi connectivity index (χ2v) is 2.91. The van der Waals surface area contributed by atoms with E-state index in [-0.39, 0.29) is 0 Å². The average Bonchev–Trinajstić information content (AvgIpc) is 2.04. The summed E-state index contributed by atoms with van der Waals surface area (Å²) in [4.78, 5) is 0. The van der Waals surface area contributed by atoms with Gasteiger partial charge < -0.3 is 4.74 Å². The van der Waals surface area contributed by atoms with Gasteiger partial charge >= 0.3 is 0 Å². The molecule has 0 saturated carbocycles. The SMILES string of the molecule is C=C(CCCCCCC)OC. The van der Waals surface area contributed by atoms with Crippen LogP contribution in [0.5, 0.6) is 0 Å². The van der Waals surface area contributed by atoms with Gasteiger partial charge in [-0.05, 0) is 6.42 Å². The lowest BCUT2D eigenvalue weighted by atomic mass is 10.1. The van der Waals surface area contributed by atoms with Gasteiger partial charge in [-0.2, -0.15) is 0 Å². The second kappa shape index (κ2) is 7.64. The van der Waals surface area contributed by atoms with E-state index in [0.29, 0.717) is 0 Å². The van der Waals surface area contributed by atoms with Crippen molar-refractivity contribution in [3.63, 3.8) is 0 Å². The molecular formula is C10H20O. The van der Waals surface area contributed by atoms with Gasteiger partial charge in [0.25, 0.3) is 0 Å². The van der Waals surface area contributed by atoms with E-state index in [2.05, 4.69) is 13.5 Å². The van der Waals surface area contributed by atoms with Crippen LogP contribution < -0.4 is 0 Å². The molecule has 1 nitrogen and oxygen atoms in total. The van der Waals surface area contributed by atoms with E-state index in [0.717, 1.165) is 12.2 Å². The average molecular weight is 156 g/mol. The number of ether oxygens (including phenoxy) is 1. The summed E-state index contributed by atoms with van der Waals surface area (Å²) < 4.78 is 4.96. The Hall–Kier alpha value is -0.460. The molecule has 11 heavy (non-hydrogen) atoms. The standard InChI is InChI=1S/C10H20O/c1-4-5-6-7-8-9-10(2)11-3/h2,4-9H2,1,3H3. The Labute approximate surface area is 70.4 Å². The fourth-order valence-corrected chi connectivity index (χ4v) is 1.03. The van der Waals surface area contributed by atoms with Gasteiger partial charge in [-0.1, -0.05) is 39.2 Å². The molecular weight excluding hydrogens is 136 g/mol. The molecule has 0 radical (unpaired) electrons. The summed E-state index contributed by atoms with van der Waals surface area (Å²) in [5.74, 6) is 0.918. The van der Waals surface area contributed by atoms with Crippen LogP contribution in [0, 0.1) is 0 Å². The van der Waals surface area contributed by atoms with Crippen LogP contribution in [-0.2, 0) is 4.74 Å². The Morgan fingerprint density at radius 2 is 1.82 bits per heavy atom. The maximum atomic E-state index is 4.96. The van der Waals surface area contributed by atoms with Gasteiger partial charge in [0.15, 0.2) is 0 Å². The lowest BCUT2D eigenvalue weighted by Gasteiger charge is -2.02. The summed E-state index contributed by atoms with van der Waals surface area (Å²) in [5, 5.41) is 0. The molecule has 0 spiro atoms. The summed E-state index contributed by atoms with van der Waals surface area (Å²) in [5.41, 5.74) is 0. The van der Waals surface area contributed by atoms with E-state index < -0.39 is 0 Å². The lowest BCUT2D eigenvalue weighted by Crippen LogP contribution is -1.85. The first-order valence-electron chi connectivity index (χ1n) is 4.53. The largest absolute Gasteiger partial charge is 0.502 e. The highest BCUT2D eigenvalue weighted by Crippen LogP contribution is 2.09. The summed E-state index contributed by atoms with van der Waals surface area (Å²) in [6, 6.07) is 0. The maximum absolute atomic E-state index is 4.96. The highest BCUT2D eigenvalue weighted by molar-refractivity contribution is 4.80. The van der Waals surface area contributed by atoms with E-state index >= 15 is 0 Å². The fraction of sp³-hybridized carbons (Fsp3) is 0.800. The Bertz CT molecular complexity index is 97.0. The summed E-state index contributed by atoms with van der Waals surface area (Å²) in [6.07, 6.45) is 7.60. The minimum atomic E-state index is 0.918. The van der Waals surface area contributed by atoms with Crippen LogP contribution in [0.25, 0.3) is 0 Å². The van der Waals surface area contributed by atoms with E-state index in [1.165, 1.54) is 32.1 Å². The first-order chi connectivity index (χ1) is 5.31. The minimum Gasteiger partial charge on any atom is -0.502 e. The zero-order valence-corrected chi connectivity index (χ0v) is 7.86. The molecule has 0 atom stereocenters. The van der Waals surface area contributed by atoms with Crippen molar-refractivity contribution in [3.8, 4) is 0 Å². The van der Waals surface area contributed by atoms with Crippen molar-refractivity contribution in [3.05, 3.63) is 12.3 Å². The molecule has 1 heteroatoms. The smallest absolute Gasteiger partial charge is 0.0883 e. The van der Waals surface area contributed by atoms with Gasteiger partial charge in [-0.15, -0.1) is 0 Å². The molecule has 0 saturated heterocycles. The van der Waals surface area contributed by atoms with Crippen LogP contribution in [0.15, 0.2) is 12.3 Å². The van der Waals surface area contributed by atoms with Crippen LogP contribution in [0.4, 0.5) is 0 Å². The topological polar surface area (TPSA) is 9.23 Å². The van der Waals surface area contributed by atoms with Crippen molar-refractivity contribution < 1.29 is 4.74 Å². The van der Waals surface area contributed by atoms with Crippen LogP contribution in [0.2, 0.25) is 0 Å². The molecule has 0 unspecified atom stereocenters. The van der Waals surface area contributed by atoms with E-state index in [4.69, 9.17) is 4.74 Å². The van der Waals surface area contributed by atoms with Gasteiger partial charge in [0.1, 0.15) is 0 Å². The van der Waals surface area contributed by atoms with Crippen molar-refractivity contribution in [1.29, 1.82) is 0 Å². The Morgan fingerprint density at radius 1 is 1.18 bits per heavy atom. The van der Waals surface area contributed by atoms with Crippen LogP contribution in [-0.4, -0.2) is 7.11 Å². The van der Waals surface area contributed by atoms with Gasteiger partial charge in [0, 0.05) is 6.42 Å². The summed E-state index contributed by atoms with van der Waals surface area (Å²) >= 11 is 0. The molecule has 0 rings (SSSR count). The normalized spacial score (nSPS) is 9.64. The third-order valence-corrected chi connectivity index (χ3v) is 1.85. The minimum absolute atomic E-state index is 0.918. The van der Waals surface area contributed by atoms with E-state index in [9.17, 15) is 0 Å². The Morgan fingerprint density at radius 3 is 2.36 bits per heavy atom. The third-order valence-electron chi connectivity index (χ3n) is 1.85. The highest BCUT2D eigenvalue weighted by Gasteiger charge is 1.92. The molecule has 0 aromatic carbocycles. The molecule has 0 aliphatic rings. The van der Waals surface area contributed by atoms with Gasteiger partial charge in [-0.3, -0.25) is 0 Å². The zero-order chi connectivity index (χ0) is 8.53. The highest BCUT2D eigenvalue weighted by atomic mass is 16.5. The first-order valence-corrected chi connectivity index (χ1v) is 4.53. The maximum Gasteiger partial charge on any atom is 0.0883 e. The molecule has 0 amide bonds. The van der Waals surface area contributed by atoms with Crippen LogP contribution >= 0.6 is 0 Å². The zero-order valence-electron chi connectivity index (χ0n) is 7.86. The number of unbranched alkanes of at least 4 members (excludes halogenated alkanes) is 4. The predicted molar refractivity (Wildman–Crippen MR) is 49.5 cm³/mol. The molecule has 0 aromatic rings. The molecule has 0 aliphatic carbocycles. The molecule has 0 heterocycles. The molecule has 0 N–H and O–H groups in total. The monoisotopic (exact) mass is 156 g/mol. The Balaban J connectivity index is 2.95. The van der Waals surface area contributed by atoms with Crippen molar-refractivity contribution in [2.45, 2.75) is 45.4 Å². The first kappa shape index (κ1) is 10.5. The van der Waals surface area contributed by atoms with E-state index in [1.54, 1.807) is 7.11 Å². The van der Waals surface area contributed by atoms with Crippen LogP contribution in [0.3, 0.4) is 0 Å². The number of rotatable bonds is 7. The molecule has 0 fully saturated rings. The van der Waals surface area contributed by atoms with Crippen LogP contribution in [0.1, 0.15) is 45.4 Å². The van der Waals surface area contributed by atoms with Crippen molar-refractivity contribution >= 4 is 0 Å². The quantitative estimate of drug-likeness (QED) is 0.405. The molecule has 0 aliphatic heterocycles. The Kier molecular flexibility index (Phi) is 7.33.